The van der Waals surface area contributed by atoms with Gasteiger partial charge in [-0.25, -0.2) is 4.57 Å². The van der Waals surface area contributed by atoms with Crippen molar-refractivity contribution in [1.82, 2.24) is 0 Å². The van der Waals surface area contributed by atoms with Crippen LogP contribution in [0.5, 0.6) is 0 Å². The highest BCUT2D eigenvalue weighted by molar-refractivity contribution is 7.47. The summed E-state index contributed by atoms with van der Waals surface area (Å²) in [6.45, 7) is 2.83. The Morgan fingerprint density at radius 1 is 0.484 bits per heavy atom. The number of unbranched alkanes of at least 4 members (excludes halogenated alkanes) is 32. The molecule has 0 aromatic carbocycles. The van der Waals surface area contributed by atoms with Crippen LogP contribution in [0.2, 0.25) is 0 Å². The third-order valence-electron chi connectivity index (χ3n) is 11.7. The number of aliphatic carboxylic acids is 1. The first-order chi connectivity index (χ1) is 31.1. The van der Waals surface area contributed by atoms with Crippen molar-refractivity contribution in [3.63, 3.8) is 0 Å². The Labute approximate surface area is 391 Å². The third-order valence-corrected chi connectivity index (χ3v) is 12.7. The number of hydrogen-bond donors (Lipinski definition) is 3. The number of carbonyl (C=O) groups excluding carboxylic acids is 2. The number of phosphoric acid groups is 1. The minimum atomic E-state index is -4.72. The lowest BCUT2D eigenvalue weighted by atomic mass is 10.0. The smallest absolute Gasteiger partial charge is 0.472 e. The molecule has 0 spiro atoms. The number of ether oxygens (including phenoxy) is 2. The third kappa shape index (κ3) is 46.5. The van der Waals surface area contributed by atoms with E-state index in [0.717, 1.165) is 57.8 Å². The van der Waals surface area contributed by atoms with Gasteiger partial charge in [0.25, 0.3) is 0 Å². The molecule has 0 heterocycles. The van der Waals surface area contributed by atoms with Gasteiger partial charge in [0.2, 0.25) is 0 Å². The molecule has 376 valence electrons. The molecule has 0 radical (unpaired) electrons. The number of allylic oxidation sites excluding steroid dienone is 4. The van der Waals surface area contributed by atoms with Gasteiger partial charge in [-0.2, -0.15) is 0 Å². The maximum atomic E-state index is 12.7. The maximum absolute atomic E-state index is 12.7. The summed E-state index contributed by atoms with van der Waals surface area (Å²) in [5, 5.41) is 8.92. The number of hydrogen-bond acceptors (Lipinski definition) is 9. The summed E-state index contributed by atoms with van der Waals surface area (Å²) in [6.07, 6.45) is 52.4. The molecule has 0 saturated carbocycles. The first kappa shape index (κ1) is 62.0. The minimum Gasteiger partial charge on any atom is -0.480 e. The van der Waals surface area contributed by atoms with Gasteiger partial charge in [-0.3, -0.25) is 23.4 Å². The molecule has 3 unspecified atom stereocenters. The molecule has 0 saturated heterocycles. The van der Waals surface area contributed by atoms with Gasteiger partial charge < -0.3 is 25.2 Å². The second kappa shape index (κ2) is 47.5. The monoisotopic (exact) mass is 928 g/mol. The van der Waals surface area contributed by atoms with Crippen LogP contribution >= 0.6 is 7.82 Å². The first-order valence-corrected chi connectivity index (χ1v) is 27.9. The van der Waals surface area contributed by atoms with E-state index in [1.54, 1.807) is 0 Å². The van der Waals surface area contributed by atoms with E-state index >= 15 is 0 Å². The number of carbonyl (C=O) groups is 3. The van der Waals surface area contributed by atoms with Crippen molar-refractivity contribution >= 4 is 25.7 Å². The van der Waals surface area contributed by atoms with Gasteiger partial charge in [-0.1, -0.05) is 224 Å². The predicted octanol–water partition coefficient (Wildman–Crippen LogP) is 15.0. The molecule has 4 N–H and O–H groups in total. The number of nitrogens with two attached hydrogens (primary N) is 1. The Balaban J connectivity index is 4.19. The van der Waals surface area contributed by atoms with E-state index in [0.29, 0.717) is 12.8 Å². The summed E-state index contributed by atoms with van der Waals surface area (Å²) in [4.78, 5) is 46.2. The van der Waals surface area contributed by atoms with Crippen molar-refractivity contribution in [3.8, 4) is 0 Å². The van der Waals surface area contributed by atoms with Gasteiger partial charge in [0.05, 0.1) is 13.2 Å². The molecule has 0 bridgehead atoms. The second-order valence-corrected chi connectivity index (χ2v) is 19.5. The highest BCUT2D eigenvalue weighted by atomic mass is 31.2. The Hall–Kier alpha value is -2.04. The van der Waals surface area contributed by atoms with E-state index in [1.807, 2.05) is 0 Å². The highest BCUT2D eigenvalue weighted by Gasteiger charge is 2.28. The van der Waals surface area contributed by atoms with Gasteiger partial charge >= 0.3 is 25.7 Å². The molecule has 0 amide bonds. The van der Waals surface area contributed by atoms with Crippen LogP contribution in [0.3, 0.4) is 0 Å². The van der Waals surface area contributed by atoms with E-state index in [4.69, 9.17) is 24.8 Å². The molecule has 0 aliphatic rings. The lowest BCUT2D eigenvalue weighted by molar-refractivity contribution is -0.161. The SMILES string of the molecule is CCCCCC/C=C\C/C=C\CCCCCCCCCC(=O)OC(COC(=O)CCCCCCCCCCCCCCCCCCCCCCCC)COP(=O)(O)OCC(N)C(=O)O. The zero-order valence-corrected chi connectivity index (χ0v) is 42.0. The van der Waals surface area contributed by atoms with Crippen molar-refractivity contribution in [1.29, 1.82) is 0 Å². The van der Waals surface area contributed by atoms with E-state index < -0.39 is 51.1 Å². The summed E-state index contributed by atoms with van der Waals surface area (Å²) in [6, 6.07) is -1.52. The zero-order valence-electron chi connectivity index (χ0n) is 41.1. The lowest BCUT2D eigenvalue weighted by Gasteiger charge is -2.20. The number of carboxylic acid groups (broad SMARTS) is 1. The fourth-order valence-electron chi connectivity index (χ4n) is 7.57. The Morgan fingerprint density at radius 3 is 1.23 bits per heavy atom. The van der Waals surface area contributed by atoms with Crippen LogP contribution in [0.25, 0.3) is 0 Å². The van der Waals surface area contributed by atoms with Crippen molar-refractivity contribution in [2.45, 2.75) is 270 Å². The largest absolute Gasteiger partial charge is 0.480 e. The van der Waals surface area contributed by atoms with E-state index in [2.05, 4.69) is 42.7 Å². The average molecular weight is 928 g/mol. The molecule has 0 aromatic rings. The normalized spacial score (nSPS) is 13.7. The van der Waals surface area contributed by atoms with Crippen molar-refractivity contribution in [2.24, 2.45) is 5.73 Å². The van der Waals surface area contributed by atoms with Crippen LogP contribution in [-0.4, -0.2) is 59.9 Å². The van der Waals surface area contributed by atoms with Gasteiger partial charge in [-0.05, 0) is 44.9 Å². The topological polar surface area (TPSA) is 172 Å². The van der Waals surface area contributed by atoms with Crippen LogP contribution < -0.4 is 5.73 Å². The quantitative estimate of drug-likeness (QED) is 0.0229. The zero-order chi connectivity index (χ0) is 47.0. The Kier molecular flexibility index (Phi) is 45.9. The highest BCUT2D eigenvalue weighted by Crippen LogP contribution is 2.43. The summed E-state index contributed by atoms with van der Waals surface area (Å²) in [5.74, 6) is -2.37. The van der Waals surface area contributed by atoms with E-state index in [-0.39, 0.29) is 19.4 Å². The van der Waals surface area contributed by atoms with Gasteiger partial charge in [-0.15, -0.1) is 0 Å². The molecule has 0 fully saturated rings. The molecule has 3 atom stereocenters. The Bertz CT molecular complexity index is 1180. The molecule has 11 nitrogen and oxygen atoms in total. The van der Waals surface area contributed by atoms with Crippen molar-refractivity contribution < 1.29 is 47.5 Å². The van der Waals surface area contributed by atoms with Gasteiger partial charge in [0.1, 0.15) is 12.6 Å². The van der Waals surface area contributed by atoms with Crippen LogP contribution in [-0.2, 0) is 37.5 Å². The molecule has 0 aliphatic carbocycles. The van der Waals surface area contributed by atoms with Gasteiger partial charge in [0.15, 0.2) is 6.10 Å². The van der Waals surface area contributed by atoms with Crippen molar-refractivity contribution in [2.75, 3.05) is 19.8 Å². The fourth-order valence-corrected chi connectivity index (χ4v) is 8.35. The lowest BCUT2D eigenvalue weighted by Crippen LogP contribution is -2.34. The molecule has 64 heavy (non-hydrogen) atoms. The molecule has 0 aliphatic heterocycles. The summed E-state index contributed by atoms with van der Waals surface area (Å²) in [7, 11) is -4.72. The summed E-state index contributed by atoms with van der Waals surface area (Å²) < 4.78 is 32.9. The average Bonchev–Trinajstić information content (AvgIpc) is 3.27. The first-order valence-electron chi connectivity index (χ1n) is 26.4. The predicted molar refractivity (Wildman–Crippen MR) is 263 cm³/mol. The molecular formula is C52H98NO10P. The second-order valence-electron chi connectivity index (χ2n) is 18.0. The fraction of sp³-hybridized carbons (Fsp3) is 0.865. The summed E-state index contributed by atoms with van der Waals surface area (Å²) >= 11 is 0. The van der Waals surface area contributed by atoms with E-state index in [1.165, 1.54) is 161 Å². The summed E-state index contributed by atoms with van der Waals surface area (Å²) in [5.41, 5.74) is 5.35. The van der Waals surface area contributed by atoms with Crippen LogP contribution in [0.15, 0.2) is 24.3 Å². The van der Waals surface area contributed by atoms with Crippen LogP contribution in [0.4, 0.5) is 0 Å². The minimum absolute atomic E-state index is 0.155. The number of rotatable bonds is 50. The molecule has 0 rings (SSSR count). The molecule has 0 aromatic heterocycles. The number of phosphoric ester groups is 1. The Morgan fingerprint density at radius 2 is 0.828 bits per heavy atom. The number of esters is 2. The number of carboxylic acids is 1. The van der Waals surface area contributed by atoms with E-state index in [9.17, 15) is 23.8 Å². The van der Waals surface area contributed by atoms with Crippen molar-refractivity contribution in [3.05, 3.63) is 24.3 Å². The van der Waals surface area contributed by atoms with Crippen LogP contribution in [0, 0.1) is 0 Å². The molecule has 12 heteroatoms. The maximum Gasteiger partial charge on any atom is 0.472 e. The van der Waals surface area contributed by atoms with Gasteiger partial charge in [0, 0.05) is 12.8 Å². The molecular weight excluding hydrogens is 830 g/mol. The van der Waals surface area contributed by atoms with Crippen LogP contribution in [0.1, 0.15) is 258 Å². The standard InChI is InChI=1S/C52H98NO10P/c1-3-5-7-9-11-13-15-17-19-21-23-24-25-26-28-29-31-33-35-37-39-41-43-50(54)60-45-48(46-61-64(58,59)62-47-49(53)52(56)57)63-51(55)44-42-40-38-36-34-32-30-27-22-20-18-16-14-12-10-8-6-4-2/h14,16,20,22,48-49H,3-13,15,17-19,21,23-47,53H2,1-2H3,(H,56,57)(H,58,59)/b16-14-,22-20-.